The molecule has 0 bridgehead atoms. The Kier molecular flexibility index (Phi) is 4.09. The predicted molar refractivity (Wildman–Crippen MR) is 101 cm³/mol. The summed E-state index contributed by atoms with van der Waals surface area (Å²) in [5, 5.41) is 0. The van der Waals surface area contributed by atoms with Crippen LogP contribution in [0.4, 0.5) is 0 Å². The fourth-order valence-electron chi connectivity index (χ4n) is 3.52. The molecule has 23 heavy (non-hydrogen) atoms. The molecule has 0 saturated carbocycles. The van der Waals surface area contributed by atoms with Crippen LogP contribution >= 0.6 is 0 Å². The van der Waals surface area contributed by atoms with Gasteiger partial charge >= 0.3 is 0 Å². The standard InChI is InChI=1S/C23H24/c1-15-9-16(2)12-20(11-15)22-7-6-8-23(19(22)5)21-13-17(3)10-18(4)14-21/h6-14H,1-5H3. The van der Waals surface area contributed by atoms with Crippen molar-refractivity contribution in [2.45, 2.75) is 34.6 Å². The third kappa shape index (κ3) is 3.22. The molecule has 0 radical (unpaired) electrons. The minimum atomic E-state index is 1.31. The minimum Gasteiger partial charge on any atom is -0.0610 e. The Balaban J connectivity index is 2.18. The molecule has 0 aliphatic rings. The van der Waals surface area contributed by atoms with Gasteiger partial charge in [0.25, 0.3) is 0 Å². The molecule has 0 atom stereocenters. The molecule has 0 heteroatoms. The Labute approximate surface area is 139 Å². The zero-order valence-corrected chi connectivity index (χ0v) is 14.7. The molecule has 0 nitrogen and oxygen atoms in total. The van der Waals surface area contributed by atoms with E-state index in [2.05, 4.69) is 89.2 Å². The van der Waals surface area contributed by atoms with Crippen molar-refractivity contribution in [1.82, 2.24) is 0 Å². The molecule has 0 N–H and O–H groups in total. The van der Waals surface area contributed by atoms with Crippen LogP contribution in [0.2, 0.25) is 0 Å². The Morgan fingerprint density at radius 3 is 1.17 bits per heavy atom. The van der Waals surface area contributed by atoms with Crippen LogP contribution in [0.5, 0.6) is 0 Å². The fourth-order valence-corrected chi connectivity index (χ4v) is 3.52. The van der Waals surface area contributed by atoms with E-state index < -0.39 is 0 Å². The molecule has 3 rings (SSSR count). The first-order valence-corrected chi connectivity index (χ1v) is 8.21. The van der Waals surface area contributed by atoms with E-state index in [1.807, 2.05) is 0 Å². The van der Waals surface area contributed by atoms with Crippen molar-refractivity contribution in [3.05, 3.63) is 82.4 Å². The molecule has 0 saturated heterocycles. The zero-order chi connectivity index (χ0) is 16.6. The number of hydrogen-bond donors (Lipinski definition) is 0. The van der Waals surface area contributed by atoms with E-state index in [-0.39, 0.29) is 0 Å². The van der Waals surface area contributed by atoms with Gasteiger partial charge in [0.15, 0.2) is 0 Å². The molecule has 0 heterocycles. The van der Waals surface area contributed by atoms with Gasteiger partial charge in [-0.3, -0.25) is 0 Å². The maximum Gasteiger partial charge on any atom is -0.0148 e. The van der Waals surface area contributed by atoms with Crippen molar-refractivity contribution in [2.75, 3.05) is 0 Å². The summed E-state index contributed by atoms with van der Waals surface area (Å²) in [5.41, 5.74) is 11.9. The lowest BCUT2D eigenvalue weighted by Gasteiger charge is -2.14. The highest BCUT2D eigenvalue weighted by Crippen LogP contribution is 2.33. The van der Waals surface area contributed by atoms with Crippen molar-refractivity contribution < 1.29 is 0 Å². The van der Waals surface area contributed by atoms with E-state index in [4.69, 9.17) is 0 Å². The minimum absolute atomic E-state index is 1.31. The Hall–Kier alpha value is -2.34. The van der Waals surface area contributed by atoms with Crippen molar-refractivity contribution >= 4 is 0 Å². The molecule has 3 aromatic rings. The van der Waals surface area contributed by atoms with Crippen molar-refractivity contribution in [3.63, 3.8) is 0 Å². The van der Waals surface area contributed by atoms with Crippen molar-refractivity contribution in [1.29, 1.82) is 0 Å². The van der Waals surface area contributed by atoms with Gasteiger partial charge in [-0.05, 0) is 62.4 Å². The summed E-state index contributed by atoms with van der Waals surface area (Å²) in [7, 11) is 0. The Morgan fingerprint density at radius 1 is 0.478 bits per heavy atom. The molecule has 0 aliphatic heterocycles. The lowest BCUT2D eigenvalue weighted by atomic mass is 9.90. The Morgan fingerprint density at radius 2 is 0.826 bits per heavy atom. The van der Waals surface area contributed by atoms with Gasteiger partial charge in [-0.1, -0.05) is 76.9 Å². The molecule has 116 valence electrons. The highest BCUT2D eigenvalue weighted by atomic mass is 14.1. The average Bonchev–Trinajstić information content (AvgIpc) is 2.45. The summed E-state index contributed by atoms with van der Waals surface area (Å²) in [6, 6.07) is 20.2. The van der Waals surface area contributed by atoms with Crippen LogP contribution in [-0.2, 0) is 0 Å². The van der Waals surface area contributed by atoms with Crippen LogP contribution < -0.4 is 0 Å². The third-order valence-corrected chi connectivity index (χ3v) is 4.40. The van der Waals surface area contributed by atoms with Gasteiger partial charge in [0, 0.05) is 0 Å². The highest BCUT2D eigenvalue weighted by Gasteiger charge is 2.09. The second-order valence-electron chi connectivity index (χ2n) is 6.73. The van der Waals surface area contributed by atoms with Crippen LogP contribution in [0, 0.1) is 34.6 Å². The van der Waals surface area contributed by atoms with E-state index in [0.29, 0.717) is 0 Å². The summed E-state index contributed by atoms with van der Waals surface area (Å²) in [6.45, 7) is 10.9. The molecule has 0 aliphatic carbocycles. The van der Waals surface area contributed by atoms with Gasteiger partial charge in [0.1, 0.15) is 0 Å². The molecule has 0 aromatic heterocycles. The van der Waals surface area contributed by atoms with Gasteiger partial charge < -0.3 is 0 Å². The predicted octanol–water partition coefficient (Wildman–Crippen LogP) is 6.56. The van der Waals surface area contributed by atoms with E-state index in [9.17, 15) is 0 Å². The average molecular weight is 300 g/mol. The van der Waals surface area contributed by atoms with Crippen LogP contribution in [0.15, 0.2) is 54.6 Å². The fraction of sp³-hybridized carbons (Fsp3) is 0.217. The molecular weight excluding hydrogens is 276 g/mol. The van der Waals surface area contributed by atoms with Gasteiger partial charge in [0.05, 0.1) is 0 Å². The number of aryl methyl sites for hydroxylation is 4. The first-order chi connectivity index (χ1) is 10.9. The lowest BCUT2D eigenvalue weighted by Crippen LogP contribution is -1.91. The Bertz CT molecular complexity index is 759. The zero-order valence-electron chi connectivity index (χ0n) is 14.7. The quantitative estimate of drug-likeness (QED) is 0.502. The highest BCUT2D eigenvalue weighted by molar-refractivity contribution is 5.79. The van der Waals surface area contributed by atoms with Crippen molar-refractivity contribution in [3.8, 4) is 22.3 Å². The summed E-state index contributed by atoms with van der Waals surface area (Å²) in [6.07, 6.45) is 0. The lowest BCUT2D eigenvalue weighted by molar-refractivity contribution is 1.35. The second-order valence-corrected chi connectivity index (χ2v) is 6.73. The van der Waals surface area contributed by atoms with Crippen molar-refractivity contribution in [2.24, 2.45) is 0 Å². The summed E-state index contributed by atoms with van der Waals surface area (Å²) < 4.78 is 0. The van der Waals surface area contributed by atoms with Gasteiger partial charge in [0.2, 0.25) is 0 Å². The second kappa shape index (κ2) is 6.04. The van der Waals surface area contributed by atoms with E-state index in [1.54, 1.807) is 0 Å². The first-order valence-electron chi connectivity index (χ1n) is 8.21. The van der Waals surface area contributed by atoms with Crippen LogP contribution in [0.3, 0.4) is 0 Å². The maximum atomic E-state index is 2.28. The maximum absolute atomic E-state index is 2.28. The van der Waals surface area contributed by atoms with Crippen LogP contribution in [0.1, 0.15) is 27.8 Å². The van der Waals surface area contributed by atoms with Crippen LogP contribution in [-0.4, -0.2) is 0 Å². The number of benzene rings is 3. The summed E-state index contributed by atoms with van der Waals surface area (Å²) >= 11 is 0. The molecule has 0 unspecified atom stereocenters. The molecule has 0 amide bonds. The molecule has 0 spiro atoms. The molecule has 3 aromatic carbocycles. The number of rotatable bonds is 2. The van der Waals surface area contributed by atoms with Gasteiger partial charge in [-0.2, -0.15) is 0 Å². The van der Waals surface area contributed by atoms with Gasteiger partial charge in [-0.25, -0.2) is 0 Å². The molecule has 0 fully saturated rings. The first kappa shape index (κ1) is 15.6. The smallest absolute Gasteiger partial charge is 0.0148 e. The SMILES string of the molecule is Cc1cc(C)cc(-c2cccc(-c3cc(C)cc(C)c3)c2C)c1. The van der Waals surface area contributed by atoms with E-state index in [0.717, 1.165) is 0 Å². The number of hydrogen-bond acceptors (Lipinski definition) is 0. The van der Waals surface area contributed by atoms with E-state index in [1.165, 1.54) is 50.1 Å². The normalized spacial score (nSPS) is 10.8. The summed E-state index contributed by atoms with van der Waals surface area (Å²) in [4.78, 5) is 0. The van der Waals surface area contributed by atoms with Gasteiger partial charge in [-0.15, -0.1) is 0 Å². The van der Waals surface area contributed by atoms with Crippen LogP contribution in [0.25, 0.3) is 22.3 Å². The summed E-state index contributed by atoms with van der Waals surface area (Å²) in [5.74, 6) is 0. The molecular formula is C23H24. The van der Waals surface area contributed by atoms with E-state index >= 15 is 0 Å². The monoisotopic (exact) mass is 300 g/mol. The third-order valence-electron chi connectivity index (χ3n) is 4.40. The largest absolute Gasteiger partial charge is 0.0610 e. The topological polar surface area (TPSA) is 0 Å².